The fourth-order valence-electron chi connectivity index (χ4n) is 0.571. The molecule has 0 aromatic carbocycles. The van der Waals surface area contributed by atoms with Crippen molar-refractivity contribution in [3.05, 3.63) is 12.7 Å². The van der Waals surface area contributed by atoms with Crippen LogP contribution in [0.25, 0.3) is 0 Å². The van der Waals surface area contributed by atoms with Crippen LogP contribution < -0.4 is 0 Å². The third-order valence-corrected chi connectivity index (χ3v) is 1.82. The molecule has 0 fully saturated rings. The number of aliphatic hydroxyl groups excluding tert-OH is 1. The van der Waals surface area contributed by atoms with Gasteiger partial charge in [-0.1, -0.05) is 6.08 Å². The zero-order valence-electron chi connectivity index (χ0n) is 6.30. The van der Waals surface area contributed by atoms with Crippen molar-refractivity contribution in [2.75, 3.05) is 5.75 Å². The quantitative estimate of drug-likeness (QED) is 0.449. The van der Waals surface area contributed by atoms with E-state index in [0.29, 0.717) is 0 Å². The van der Waals surface area contributed by atoms with Gasteiger partial charge in [0.2, 0.25) is 0 Å². The molecule has 0 amide bonds. The summed E-state index contributed by atoms with van der Waals surface area (Å²) in [5.41, 5.74) is 0. The molecule has 5 nitrogen and oxygen atoms in total. The highest BCUT2D eigenvalue weighted by molar-refractivity contribution is 7.85. The average Bonchev–Trinajstić information content (AvgIpc) is 1.84. The Labute approximate surface area is 70.5 Å². The molecular weight excluding hydrogens is 184 g/mol. The number of rotatable bonds is 5. The number of Topliss-reactive ketones (excluding diaryl/α,β-unsaturated/α-hetero) is 1. The minimum atomic E-state index is -4.29. The van der Waals surface area contributed by atoms with Crippen LogP contribution in [0.5, 0.6) is 0 Å². The molecule has 0 aliphatic heterocycles. The maximum Gasteiger partial charge on any atom is 0.267 e. The first-order valence-electron chi connectivity index (χ1n) is 3.13. The molecule has 70 valence electrons. The Bertz CT molecular complexity index is 266. The number of carbonyl (C=O) groups is 1. The molecule has 1 unspecified atom stereocenters. The summed E-state index contributed by atoms with van der Waals surface area (Å²) in [5.74, 6) is -1.64. The van der Waals surface area contributed by atoms with Crippen molar-refractivity contribution in [2.45, 2.75) is 12.5 Å². The highest BCUT2D eigenvalue weighted by Crippen LogP contribution is 1.96. The Morgan fingerprint density at radius 1 is 1.58 bits per heavy atom. The van der Waals surface area contributed by atoms with E-state index < -0.39 is 27.8 Å². The highest BCUT2D eigenvalue weighted by Gasteiger charge is 2.19. The molecule has 0 heterocycles. The molecule has 0 bridgehead atoms. The molecule has 12 heavy (non-hydrogen) atoms. The summed E-state index contributed by atoms with van der Waals surface area (Å²) >= 11 is 0. The lowest BCUT2D eigenvalue weighted by Crippen LogP contribution is -2.28. The maximum absolute atomic E-state index is 10.7. The molecule has 0 spiro atoms. The van der Waals surface area contributed by atoms with Crippen LogP contribution in [0.15, 0.2) is 12.7 Å². The van der Waals surface area contributed by atoms with E-state index in [1.54, 1.807) is 0 Å². The van der Waals surface area contributed by atoms with E-state index in [1.807, 2.05) is 0 Å². The molecule has 0 rings (SSSR count). The van der Waals surface area contributed by atoms with Crippen molar-refractivity contribution in [1.82, 2.24) is 0 Å². The Balaban J connectivity index is 4.13. The van der Waals surface area contributed by atoms with Crippen molar-refractivity contribution >= 4 is 15.9 Å². The lowest BCUT2D eigenvalue weighted by atomic mass is 10.2. The lowest BCUT2D eigenvalue weighted by Gasteiger charge is -2.04. The number of hydrogen-bond acceptors (Lipinski definition) is 4. The Morgan fingerprint density at radius 2 is 2.08 bits per heavy atom. The van der Waals surface area contributed by atoms with Crippen LogP contribution in [0.1, 0.15) is 6.42 Å². The first-order valence-corrected chi connectivity index (χ1v) is 4.74. The van der Waals surface area contributed by atoms with E-state index in [4.69, 9.17) is 9.66 Å². The zero-order chi connectivity index (χ0) is 9.78. The molecule has 0 saturated heterocycles. The lowest BCUT2D eigenvalue weighted by molar-refractivity contribution is -0.125. The summed E-state index contributed by atoms with van der Waals surface area (Å²) in [6.45, 7) is 3.24. The van der Waals surface area contributed by atoms with Gasteiger partial charge in [-0.15, -0.1) is 6.58 Å². The largest absolute Gasteiger partial charge is 0.384 e. The van der Waals surface area contributed by atoms with Crippen molar-refractivity contribution < 1.29 is 22.9 Å². The average molecular weight is 194 g/mol. The van der Waals surface area contributed by atoms with Gasteiger partial charge in [0, 0.05) is 6.42 Å². The molecule has 1 atom stereocenters. The van der Waals surface area contributed by atoms with E-state index in [-0.39, 0.29) is 6.42 Å². The van der Waals surface area contributed by atoms with Crippen LogP contribution in [0.4, 0.5) is 0 Å². The van der Waals surface area contributed by atoms with Crippen molar-refractivity contribution in [1.29, 1.82) is 0 Å². The topological polar surface area (TPSA) is 91.7 Å². The van der Waals surface area contributed by atoms with Gasteiger partial charge in [-0.3, -0.25) is 9.35 Å². The fourth-order valence-corrected chi connectivity index (χ4v) is 1.16. The highest BCUT2D eigenvalue weighted by atomic mass is 32.2. The van der Waals surface area contributed by atoms with Gasteiger partial charge in [-0.2, -0.15) is 8.42 Å². The number of allylic oxidation sites excluding steroid dienone is 1. The Morgan fingerprint density at radius 3 is 2.42 bits per heavy atom. The monoisotopic (exact) mass is 194 g/mol. The number of ketones is 1. The second-order valence-corrected chi connectivity index (χ2v) is 3.72. The fraction of sp³-hybridized carbons (Fsp3) is 0.500. The zero-order valence-corrected chi connectivity index (χ0v) is 7.12. The molecule has 2 N–H and O–H groups in total. The minimum Gasteiger partial charge on any atom is -0.384 e. The molecule has 0 aliphatic carbocycles. The van der Waals surface area contributed by atoms with Crippen molar-refractivity contribution in [3.63, 3.8) is 0 Å². The summed E-state index contributed by atoms with van der Waals surface area (Å²) in [6.07, 6.45) is -0.537. The van der Waals surface area contributed by atoms with E-state index >= 15 is 0 Å². The van der Waals surface area contributed by atoms with Gasteiger partial charge in [0.15, 0.2) is 5.78 Å². The second-order valence-electron chi connectivity index (χ2n) is 2.22. The van der Waals surface area contributed by atoms with Gasteiger partial charge >= 0.3 is 0 Å². The maximum atomic E-state index is 10.7. The molecule has 0 aromatic rings. The van der Waals surface area contributed by atoms with Crippen molar-refractivity contribution in [2.24, 2.45) is 0 Å². The van der Waals surface area contributed by atoms with Crippen LogP contribution in [-0.2, 0) is 14.9 Å². The molecule has 0 aromatic heterocycles. The van der Waals surface area contributed by atoms with Gasteiger partial charge in [0.1, 0.15) is 11.9 Å². The van der Waals surface area contributed by atoms with Crippen LogP contribution in [0, 0.1) is 0 Å². The summed E-state index contributed by atoms with van der Waals surface area (Å²) in [4.78, 5) is 10.7. The van der Waals surface area contributed by atoms with Crippen molar-refractivity contribution in [3.8, 4) is 0 Å². The van der Waals surface area contributed by atoms with Crippen LogP contribution in [-0.4, -0.2) is 35.7 Å². The summed E-state index contributed by atoms with van der Waals surface area (Å²) in [5, 5.41) is 8.85. The smallest absolute Gasteiger partial charge is 0.267 e. The van der Waals surface area contributed by atoms with E-state index in [0.717, 1.165) is 0 Å². The van der Waals surface area contributed by atoms with Gasteiger partial charge in [0.05, 0.1) is 0 Å². The SMILES string of the molecule is C=CCC(=O)C(O)CS(=O)(=O)O. The van der Waals surface area contributed by atoms with Crippen LogP contribution in [0.3, 0.4) is 0 Å². The predicted molar refractivity (Wildman–Crippen MR) is 42.2 cm³/mol. The summed E-state index contributed by atoms with van der Waals surface area (Å²) < 4.78 is 28.6. The van der Waals surface area contributed by atoms with Gasteiger partial charge < -0.3 is 5.11 Å². The third kappa shape index (κ3) is 5.00. The van der Waals surface area contributed by atoms with E-state index in [2.05, 4.69) is 6.58 Å². The predicted octanol–water partition coefficient (Wildman–Crippen LogP) is -0.620. The van der Waals surface area contributed by atoms with Gasteiger partial charge in [-0.05, 0) is 0 Å². The van der Waals surface area contributed by atoms with Gasteiger partial charge in [0.25, 0.3) is 10.1 Å². The Kier molecular flexibility index (Phi) is 4.08. The summed E-state index contributed by atoms with van der Waals surface area (Å²) in [6, 6.07) is 0. The normalized spacial score (nSPS) is 13.8. The van der Waals surface area contributed by atoms with Gasteiger partial charge in [-0.25, -0.2) is 0 Å². The second kappa shape index (κ2) is 4.34. The molecule has 0 radical (unpaired) electrons. The van der Waals surface area contributed by atoms with E-state index in [9.17, 15) is 13.2 Å². The number of aliphatic hydroxyl groups is 1. The minimum absolute atomic E-state index is 0.114. The molecule has 0 saturated carbocycles. The first kappa shape index (κ1) is 11.3. The van der Waals surface area contributed by atoms with Crippen LogP contribution >= 0.6 is 0 Å². The molecular formula is C6H10O5S. The van der Waals surface area contributed by atoms with E-state index in [1.165, 1.54) is 6.08 Å². The summed E-state index contributed by atoms with van der Waals surface area (Å²) in [7, 11) is -4.29. The Hall–Kier alpha value is -0.720. The molecule has 0 aliphatic rings. The third-order valence-electron chi connectivity index (χ3n) is 1.09. The standard InChI is InChI=1S/C6H10O5S/c1-2-3-5(7)6(8)4-12(9,10)11/h2,6,8H,1,3-4H2,(H,9,10,11). The number of hydrogen-bond donors (Lipinski definition) is 2. The first-order chi connectivity index (χ1) is 5.37. The molecule has 6 heteroatoms. The van der Waals surface area contributed by atoms with Crippen LogP contribution in [0.2, 0.25) is 0 Å². The number of carbonyl (C=O) groups excluding carboxylic acids is 1.